The SMILES string of the molecule is CC(C)CC(=O)N(Cc1cc(-c2ccccc2)on1)C1CC1. The summed E-state index contributed by atoms with van der Waals surface area (Å²) in [6, 6.07) is 12.2. The molecule has 1 aromatic heterocycles. The normalized spacial score (nSPS) is 14.3. The van der Waals surface area contributed by atoms with Crippen LogP contribution in [0, 0.1) is 5.92 Å². The molecule has 1 heterocycles. The van der Waals surface area contributed by atoms with Crippen LogP contribution in [0.15, 0.2) is 40.9 Å². The first-order chi connectivity index (χ1) is 10.6. The monoisotopic (exact) mass is 298 g/mol. The number of rotatable bonds is 6. The van der Waals surface area contributed by atoms with Gasteiger partial charge in [0.15, 0.2) is 5.76 Å². The van der Waals surface area contributed by atoms with Gasteiger partial charge in [-0.05, 0) is 18.8 Å². The van der Waals surface area contributed by atoms with Gasteiger partial charge < -0.3 is 9.42 Å². The number of benzene rings is 1. The lowest BCUT2D eigenvalue weighted by atomic mass is 10.1. The van der Waals surface area contributed by atoms with E-state index >= 15 is 0 Å². The summed E-state index contributed by atoms with van der Waals surface area (Å²) in [5.74, 6) is 1.36. The van der Waals surface area contributed by atoms with Crippen molar-refractivity contribution < 1.29 is 9.32 Å². The van der Waals surface area contributed by atoms with E-state index in [2.05, 4.69) is 19.0 Å². The third-order valence-corrected chi connectivity index (χ3v) is 3.84. The molecule has 116 valence electrons. The standard InChI is InChI=1S/C18H22N2O2/c1-13(2)10-18(21)20(16-8-9-16)12-15-11-17(22-19-15)14-6-4-3-5-7-14/h3-7,11,13,16H,8-10,12H2,1-2H3. The Labute approximate surface area is 131 Å². The van der Waals surface area contributed by atoms with Crippen molar-refractivity contribution in [2.45, 2.75) is 45.7 Å². The quantitative estimate of drug-likeness (QED) is 0.813. The number of hydrogen-bond acceptors (Lipinski definition) is 3. The fourth-order valence-corrected chi connectivity index (χ4v) is 2.57. The highest BCUT2D eigenvalue weighted by Gasteiger charge is 2.33. The van der Waals surface area contributed by atoms with Gasteiger partial charge in [-0.15, -0.1) is 0 Å². The molecule has 0 N–H and O–H groups in total. The Kier molecular flexibility index (Phi) is 4.27. The van der Waals surface area contributed by atoms with Gasteiger partial charge in [0.2, 0.25) is 5.91 Å². The maximum atomic E-state index is 12.4. The Balaban J connectivity index is 1.71. The average Bonchev–Trinajstić information content (AvgIpc) is 3.23. The zero-order valence-electron chi connectivity index (χ0n) is 13.2. The van der Waals surface area contributed by atoms with E-state index in [-0.39, 0.29) is 5.91 Å². The molecule has 4 heteroatoms. The molecule has 3 rings (SSSR count). The van der Waals surface area contributed by atoms with Crippen LogP contribution in [0.5, 0.6) is 0 Å². The zero-order chi connectivity index (χ0) is 15.5. The van der Waals surface area contributed by atoms with Gasteiger partial charge in [0.05, 0.1) is 6.54 Å². The first kappa shape index (κ1) is 14.8. The fourth-order valence-electron chi connectivity index (χ4n) is 2.57. The number of hydrogen-bond donors (Lipinski definition) is 0. The van der Waals surface area contributed by atoms with Gasteiger partial charge >= 0.3 is 0 Å². The summed E-state index contributed by atoms with van der Waals surface area (Å²) in [6.45, 7) is 4.70. The van der Waals surface area contributed by atoms with E-state index < -0.39 is 0 Å². The van der Waals surface area contributed by atoms with E-state index in [1.807, 2.05) is 41.3 Å². The van der Waals surface area contributed by atoms with E-state index in [1.54, 1.807) is 0 Å². The lowest BCUT2D eigenvalue weighted by Gasteiger charge is -2.22. The van der Waals surface area contributed by atoms with Gasteiger partial charge in [0.25, 0.3) is 0 Å². The van der Waals surface area contributed by atoms with E-state index in [1.165, 1.54) is 0 Å². The van der Waals surface area contributed by atoms with Gasteiger partial charge in [-0.2, -0.15) is 0 Å². The second-order valence-electron chi connectivity index (χ2n) is 6.40. The van der Waals surface area contributed by atoms with Crippen LogP contribution in [0.4, 0.5) is 0 Å². The molecule has 1 aliphatic rings. The summed E-state index contributed by atoms with van der Waals surface area (Å²) >= 11 is 0. The summed E-state index contributed by atoms with van der Waals surface area (Å²) in [4.78, 5) is 14.3. The second kappa shape index (κ2) is 6.34. The number of aromatic nitrogens is 1. The zero-order valence-corrected chi connectivity index (χ0v) is 13.2. The van der Waals surface area contributed by atoms with Gasteiger partial charge in [-0.3, -0.25) is 4.79 Å². The lowest BCUT2D eigenvalue weighted by Crippen LogP contribution is -2.33. The molecule has 0 bridgehead atoms. The molecule has 1 fully saturated rings. The Hall–Kier alpha value is -2.10. The van der Waals surface area contributed by atoms with E-state index in [9.17, 15) is 4.79 Å². The highest BCUT2D eigenvalue weighted by atomic mass is 16.5. The maximum Gasteiger partial charge on any atom is 0.223 e. The second-order valence-corrected chi connectivity index (χ2v) is 6.40. The molecule has 0 spiro atoms. The van der Waals surface area contributed by atoms with Crippen molar-refractivity contribution in [1.29, 1.82) is 0 Å². The summed E-state index contributed by atoms with van der Waals surface area (Å²) in [6.07, 6.45) is 2.81. The number of amides is 1. The van der Waals surface area contributed by atoms with Crippen LogP contribution in [-0.4, -0.2) is 22.0 Å². The minimum atomic E-state index is 0.224. The van der Waals surface area contributed by atoms with Crippen molar-refractivity contribution in [1.82, 2.24) is 10.1 Å². The maximum absolute atomic E-state index is 12.4. The number of carbonyl (C=O) groups is 1. The third-order valence-electron chi connectivity index (χ3n) is 3.84. The van der Waals surface area contributed by atoms with Crippen LogP contribution < -0.4 is 0 Å². The largest absolute Gasteiger partial charge is 0.356 e. The summed E-state index contributed by atoms with van der Waals surface area (Å²) in [5, 5.41) is 4.14. The smallest absolute Gasteiger partial charge is 0.223 e. The molecule has 2 aromatic rings. The van der Waals surface area contributed by atoms with Crippen LogP contribution >= 0.6 is 0 Å². The fraction of sp³-hybridized carbons (Fsp3) is 0.444. The molecule has 0 atom stereocenters. The summed E-state index contributed by atoms with van der Waals surface area (Å²) in [5.41, 5.74) is 1.83. The first-order valence-electron chi connectivity index (χ1n) is 7.94. The van der Waals surface area contributed by atoms with Crippen LogP contribution in [-0.2, 0) is 11.3 Å². The number of nitrogens with zero attached hydrogens (tertiary/aromatic N) is 2. The van der Waals surface area contributed by atoms with E-state index in [0.717, 1.165) is 29.9 Å². The Morgan fingerprint density at radius 2 is 2.05 bits per heavy atom. The highest BCUT2D eigenvalue weighted by molar-refractivity contribution is 5.77. The Morgan fingerprint density at radius 3 is 2.68 bits per heavy atom. The molecule has 1 aliphatic carbocycles. The molecule has 0 saturated heterocycles. The molecule has 0 radical (unpaired) electrons. The summed E-state index contributed by atoms with van der Waals surface area (Å²) < 4.78 is 5.42. The van der Waals surface area contributed by atoms with E-state index in [4.69, 9.17) is 4.52 Å². The van der Waals surface area contributed by atoms with Crippen LogP contribution in [0.2, 0.25) is 0 Å². The van der Waals surface area contributed by atoms with Crippen molar-refractivity contribution in [3.63, 3.8) is 0 Å². The molecular weight excluding hydrogens is 276 g/mol. The van der Waals surface area contributed by atoms with Crippen molar-refractivity contribution in [2.75, 3.05) is 0 Å². The predicted molar refractivity (Wildman–Crippen MR) is 85.0 cm³/mol. The van der Waals surface area contributed by atoms with E-state index in [0.29, 0.717) is 24.9 Å². The van der Waals surface area contributed by atoms with Gasteiger partial charge in [-0.25, -0.2) is 0 Å². The minimum Gasteiger partial charge on any atom is -0.356 e. The molecule has 1 aromatic carbocycles. The van der Waals surface area contributed by atoms with Crippen molar-refractivity contribution in [3.05, 3.63) is 42.1 Å². The van der Waals surface area contributed by atoms with Crippen molar-refractivity contribution in [2.24, 2.45) is 5.92 Å². The average molecular weight is 298 g/mol. The molecular formula is C18H22N2O2. The number of carbonyl (C=O) groups excluding carboxylic acids is 1. The minimum absolute atomic E-state index is 0.224. The molecule has 0 unspecified atom stereocenters. The highest BCUT2D eigenvalue weighted by Crippen LogP contribution is 2.30. The van der Waals surface area contributed by atoms with Crippen molar-refractivity contribution >= 4 is 5.91 Å². The topological polar surface area (TPSA) is 46.3 Å². The first-order valence-corrected chi connectivity index (χ1v) is 7.94. The lowest BCUT2D eigenvalue weighted by molar-refractivity contribution is -0.133. The summed E-state index contributed by atoms with van der Waals surface area (Å²) in [7, 11) is 0. The molecule has 1 saturated carbocycles. The van der Waals surface area contributed by atoms with Gasteiger partial charge in [-0.1, -0.05) is 49.3 Å². The van der Waals surface area contributed by atoms with Crippen LogP contribution in [0.3, 0.4) is 0 Å². The van der Waals surface area contributed by atoms with Crippen LogP contribution in [0.25, 0.3) is 11.3 Å². The third kappa shape index (κ3) is 3.56. The predicted octanol–water partition coefficient (Wildman–Crippen LogP) is 3.88. The van der Waals surface area contributed by atoms with Crippen LogP contribution in [0.1, 0.15) is 38.8 Å². The van der Waals surface area contributed by atoms with Gasteiger partial charge in [0.1, 0.15) is 5.69 Å². The molecule has 0 aliphatic heterocycles. The van der Waals surface area contributed by atoms with Crippen molar-refractivity contribution in [3.8, 4) is 11.3 Å². The Morgan fingerprint density at radius 1 is 1.32 bits per heavy atom. The molecule has 4 nitrogen and oxygen atoms in total. The molecule has 22 heavy (non-hydrogen) atoms. The van der Waals surface area contributed by atoms with Gasteiger partial charge in [0, 0.05) is 24.1 Å². The Bertz CT molecular complexity index is 630. The molecule has 1 amide bonds.